The number of benzene rings is 1. The summed E-state index contributed by atoms with van der Waals surface area (Å²) in [6.45, 7) is 5.12. The van der Waals surface area contributed by atoms with Gasteiger partial charge in [-0.15, -0.1) is 0 Å². The summed E-state index contributed by atoms with van der Waals surface area (Å²) in [6.07, 6.45) is -4.47. The average Bonchev–Trinajstić information content (AvgIpc) is 2.87. The van der Waals surface area contributed by atoms with Crippen molar-refractivity contribution in [3.8, 4) is 0 Å². The van der Waals surface area contributed by atoms with E-state index in [0.29, 0.717) is 44.0 Å². The van der Waals surface area contributed by atoms with E-state index in [1.54, 1.807) is 11.9 Å². The number of hydrogen-bond donors (Lipinski definition) is 2. The fourth-order valence-corrected chi connectivity index (χ4v) is 4.10. The lowest BCUT2D eigenvalue weighted by Gasteiger charge is -2.36. The van der Waals surface area contributed by atoms with Crippen LogP contribution in [-0.2, 0) is 12.7 Å². The van der Waals surface area contributed by atoms with E-state index in [1.807, 2.05) is 4.90 Å². The second-order valence-electron chi connectivity index (χ2n) is 8.59. The number of alkyl halides is 3. The molecule has 2 aliphatic rings. The Kier molecular flexibility index (Phi) is 7.43. The Morgan fingerprint density at radius 2 is 1.49 bits per heavy atom. The molecule has 0 saturated carbocycles. The third-order valence-electron chi connectivity index (χ3n) is 6.22. The molecule has 2 saturated heterocycles. The van der Waals surface area contributed by atoms with Crippen molar-refractivity contribution in [2.45, 2.75) is 12.7 Å². The zero-order valence-electron chi connectivity index (χ0n) is 19.8. The molecule has 1 aromatic heterocycles. The molecule has 2 aliphatic heterocycles. The minimum absolute atomic E-state index is 0.0354. The zero-order chi connectivity index (χ0) is 25.0. The molecule has 13 heteroatoms. The van der Waals surface area contributed by atoms with Crippen molar-refractivity contribution in [2.24, 2.45) is 0 Å². The predicted octanol–water partition coefficient (Wildman–Crippen LogP) is 1.72. The summed E-state index contributed by atoms with van der Waals surface area (Å²) in [7, 11) is 3.84. The maximum atomic E-state index is 13.2. The Morgan fingerprint density at radius 3 is 2.06 bits per heavy atom. The van der Waals surface area contributed by atoms with Crippen LogP contribution in [0, 0.1) is 0 Å². The van der Waals surface area contributed by atoms with E-state index in [0.717, 1.165) is 32.2 Å². The quantitative estimate of drug-likeness (QED) is 0.651. The monoisotopic (exact) mass is 493 g/mol. The second kappa shape index (κ2) is 10.5. The molecule has 35 heavy (non-hydrogen) atoms. The Labute approximate surface area is 202 Å². The van der Waals surface area contributed by atoms with Gasteiger partial charge in [0.1, 0.15) is 0 Å². The molecular weight excluding hydrogens is 463 g/mol. The number of likely N-dealkylation sites (N-methyl/N-ethyl adjacent to an activating group) is 1. The van der Waals surface area contributed by atoms with E-state index in [9.17, 15) is 18.0 Å². The van der Waals surface area contributed by atoms with Gasteiger partial charge in [-0.3, -0.25) is 0 Å². The summed E-state index contributed by atoms with van der Waals surface area (Å²) in [5, 5.41) is 5.60. The standard InChI is InChI=1S/C22H30F3N9O/c1-26-18-28-19(32-9-7-31(2)8-10-32)30-20(29-18)33-11-13-34(14-12-33)21(35)27-15-16-5-3-4-6-17(16)22(23,24)25/h3-6H,7-15H2,1-2H3,(H,27,35)(H,26,28,29,30). The topological polar surface area (TPSA) is 92.8 Å². The van der Waals surface area contributed by atoms with Gasteiger partial charge >= 0.3 is 12.2 Å². The van der Waals surface area contributed by atoms with Crippen molar-refractivity contribution >= 4 is 23.9 Å². The van der Waals surface area contributed by atoms with Gasteiger partial charge in [-0.2, -0.15) is 28.1 Å². The molecule has 2 aromatic rings. The molecule has 2 amide bonds. The van der Waals surface area contributed by atoms with E-state index < -0.39 is 17.8 Å². The first kappa shape index (κ1) is 24.8. The number of nitrogens with zero attached hydrogens (tertiary/aromatic N) is 7. The summed E-state index contributed by atoms with van der Waals surface area (Å²) in [5.74, 6) is 1.64. The Morgan fingerprint density at radius 1 is 0.914 bits per heavy atom. The zero-order valence-corrected chi connectivity index (χ0v) is 19.8. The van der Waals surface area contributed by atoms with Crippen LogP contribution in [0.3, 0.4) is 0 Å². The third kappa shape index (κ3) is 6.02. The summed E-state index contributed by atoms with van der Waals surface area (Å²) >= 11 is 0. The average molecular weight is 494 g/mol. The van der Waals surface area contributed by atoms with Gasteiger partial charge in [0.05, 0.1) is 5.56 Å². The van der Waals surface area contributed by atoms with Crippen LogP contribution in [0.15, 0.2) is 24.3 Å². The number of hydrogen-bond acceptors (Lipinski definition) is 8. The van der Waals surface area contributed by atoms with Crippen LogP contribution in [0.2, 0.25) is 0 Å². The number of rotatable bonds is 5. The number of anilines is 3. The smallest absolute Gasteiger partial charge is 0.357 e. The number of urea groups is 1. The number of carbonyl (C=O) groups excluding carboxylic acids is 1. The fourth-order valence-electron chi connectivity index (χ4n) is 4.10. The summed E-state index contributed by atoms with van der Waals surface area (Å²) in [4.78, 5) is 34.3. The van der Waals surface area contributed by atoms with Crippen LogP contribution in [0.5, 0.6) is 0 Å². The van der Waals surface area contributed by atoms with Crippen LogP contribution < -0.4 is 20.4 Å². The molecule has 3 heterocycles. The normalized spacial score (nSPS) is 17.5. The molecule has 190 valence electrons. The first-order valence-corrected chi connectivity index (χ1v) is 11.5. The highest BCUT2D eigenvalue weighted by molar-refractivity contribution is 5.74. The van der Waals surface area contributed by atoms with Gasteiger partial charge in [0, 0.05) is 66.0 Å². The highest BCUT2D eigenvalue weighted by Crippen LogP contribution is 2.31. The molecule has 10 nitrogen and oxygen atoms in total. The van der Waals surface area contributed by atoms with Gasteiger partial charge in [0.2, 0.25) is 17.8 Å². The number of amides is 2. The van der Waals surface area contributed by atoms with E-state index in [4.69, 9.17) is 0 Å². The van der Waals surface area contributed by atoms with Gasteiger partial charge < -0.3 is 30.2 Å². The summed E-state index contributed by atoms with van der Waals surface area (Å²) < 4.78 is 39.6. The highest BCUT2D eigenvalue weighted by atomic mass is 19.4. The highest BCUT2D eigenvalue weighted by Gasteiger charge is 2.33. The Hall–Kier alpha value is -3.35. The van der Waals surface area contributed by atoms with Crippen molar-refractivity contribution in [3.05, 3.63) is 35.4 Å². The van der Waals surface area contributed by atoms with Crippen LogP contribution in [0.4, 0.5) is 35.8 Å². The maximum absolute atomic E-state index is 13.2. The SMILES string of the molecule is CNc1nc(N2CCN(C)CC2)nc(N2CCN(C(=O)NCc3ccccc3C(F)(F)F)CC2)n1. The maximum Gasteiger partial charge on any atom is 0.416 e. The first-order valence-electron chi connectivity index (χ1n) is 11.5. The van der Waals surface area contributed by atoms with Gasteiger partial charge in [0.15, 0.2) is 0 Å². The number of carbonyl (C=O) groups is 1. The number of nitrogens with one attached hydrogen (secondary N) is 2. The lowest BCUT2D eigenvalue weighted by atomic mass is 10.1. The molecule has 0 atom stereocenters. The number of halogens is 3. The molecule has 0 unspecified atom stereocenters. The van der Waals surface area contributed by atoms with Gasteiger partial charge in [-0.25, -0.2) is 4.79 Å². The van der Waals surface area contributed by atoms with E-state index in [-0.39, 0.29) is 12.1 Å². The predicted molar refractivity (Wildman–Crippen MR) is 127 cm³/mol. The van der Waals surface area contributed by atoms with Crippen LogP contribution >= 0.6 is 0 Å². The Bertz CT molecular complexity index is 1020. The van der Waals surface area contributed by atoms with E-state index in [1.165, 1.54) is 18.2 Å². The third-order valence-corrected chi connectivity index (χ3v) is 6.22. The van der Waals surface area contributed by atoms with Crippen LogP contribution in [-0.4, -0.2) is 97.2 Å². The molecule has 4 rings (SSSR count). The van der Waals surface area contributed by atoms with Crippen LogP contribution in [0.1, 0.15) is 11.1 Å². The fraction of sp³-hybridized carbons (Fsp3) is 0.545. The summed E-state index contributed by atoms with van der Waals surface area (Å²) in [6, 6.07) is 4.86. The largest absolute Gasteiger partial charge is 0.416 e. The Balaban J connectivity index is 1.36. The lowest BCUT2D eigenvalue weighted by molar-refractivity contribution is -0.138. The molecule has 0 spiro atoms. The first-order chi connectivity index (χ1) is 16.7. The minimum atomic E-state index is -4.47. The van der Waals surface area contributed by atoms with Crippen molar-refractivity contribution < 1.29 is 18.0 Å². The van der Waals surface area contributed by atoms with Gasteiger partial charge in [-0.05, 0) is 18.7 Å². The molecule has 2 fully saturated rings. The molecule has 1 aromatic carbocycles. The molecular formula is C22H30F3N9O. The molecule has 0 aliphatic carbocycles. The van der Waals surface area contributed by atoms with Crippen molar-refractivity contribution in [1.82, 2.24) is 30.1 Å². The lowest BCUT2D eigenvalue weighted by Crippen LogP contribution is -2.52. The molecule has 0 bridgehead atoms. The van der Waals surface area contributed by atoms with E-state index in [2.05, 4.69) is 42.4 Å². The summed E-state index contributed by atoms with van der Waals surface area (Å²) in [5.41, 5.74) is -0.704. The van der Waals surface area contributed by atoms with Crippen LogP contribution in [0.25, 0.3) is 0 Å². The number of piperazine rings is 2. The molecule has 0 radical (unpaired) electrons. The van der Waals surface area contributed by atoms with Crippen molar-refractivity contribution in [3.63, 3.8) is 0 Å². The second-order valence-corrected chi connectivity index (χ2v) is 8.59. The van der Waals surface area contributed by atoms with Gasteiger partial charge in [-0.1, -0.05) is 18.2 Å². The number of aromatic nitrogens is 3. The van der Waals surface area contributed by atoms with Crippen molar-refractivity contribution in [2.75, 3.05) is 81.6 Å². The van der Waals surface area contributed by atoms with Gasteiger partial charge in [0.25, 0.3) is 0 Å². The molecule has 2 N–H and O–H groups in total. The minimum Gasteiger partial charge on any atom is -0.357 e. The van der Waals surface area contributed by atoms with E-state index >= 15 is 0 Å². The van der Waals surface area contributed by atoms with Crippen molar-refractivity contribution in [1.29, 1.82) is 0 Å².